The van der Waals surface area contributed by atoms with Crippen LogP contribution in [-0.2, 0) is 10.9 Å². The highest BCUT2D eigenvalue weighted by molar-refractivity contribution is 6.39. The van der Waals surface area contributed by atoms with Gasteiger partial charge in [-0.15, -0.1) is 0 Å². The fraction of sp³-hybridized carbons (Fsp3) is 0.294. The fourth-order valence-electron chi connectivity index (χ4n) is 2.53. The van der Waals surface area contributed by atoms with Gasteiger partial charge in [-0.3, -0.25) is 0 Å². The van der Waals surface area contributed by atoms with E-state index in [-0.39, 0.29) is 5.95 Å². The maximum Gasteiger partial charge on any atom is 0.435 e. The molecule has 0 bridgehead atoms. The van der Waals surface area contributed by atoms with Crippen molar-refractivity contribution in [2.75, 3.05) is 5.32 Å². The van der Waals surface area contributed by atoms with Crippen LogP contribution in [0.15, 0.2) is 30.6 Å². The van der Waals surface area contributed by atoms with Gasteiger partial charge in [-0.05, 0) is 39.0 Å². The molecule has 7 nitrogen and oxygen atoms in total. The van der Waals surface area contributed by atoms with Gasteiger partial charge in [0.15, 0.2) is 0 Å². The Balaban J connectivity index is 1.97. The van der Waals surface area contributed by atoms with Crippen LogP contribution < -0.4 is 10.8 Å². The predicted octanol–water partition coefficient (Wildman–Crippen LogP) is 2.63. The molecule has 28 heavy (non-hydrogen) atoms. The Kier molecular flexibility index (Phi) is 4.78. The molecule has 3 rings (SSSR count). The number of benzene rings is 1. The van der Waals surface area contributed by atoms with Crippen molar-refractivity contribution in [3.8, 4) is 0 Å². The van der Waals surface area contributed by atoms with Crippen molar-refractivity contribution in [1.82, 2.24) is 19.7 Å². The second-order valence-corrected chi connectivity index (χ2v) is 7.15. The molecule has 0 saturated heterocycles. The number of carbonyl (C=O) groups is 1. The summed E-state index contributed by atoms with van der Waals surface area (Å²) in [6, 6.07) is 4.06. The first-order valence-corrected chi connectivity index (χ1v) is 8.33. The monoisotopic (exact) mass is 391 g/mol. The molecule has 0 aliphatic rings. The Hall–Kier alpha value is -3.11. The topological polar surface area (TPSA) is 81.9 Å². The molecule has 146 valence electrons. The summed E-state index contributed by atoms with van der Waals surface area (Å²) in [5, 5.41) is 7.52. The smallest absolute Gasteiger partial charge is 0.435 e. The van der Waals surface area contributed by atoms with E-state index in [1.54, 1.807) is 40.8 Å². The molecular weight excluding hydrogens is 374 g/mol. The fourth-order valence-corrected chi connectivity index (χ4v) is 2.53. The Morgan fingerprint density at radius 3 is 2.61 bits per heavy atom. The molecule has 0 aliphatic carbocycles. The predicted molar refractivity (Wildman–Crippen MR) is 99.9 cm³/mol. The van der Waals surface area contributed by atoms with Crippen LogP contribution in [-0.4, -0.2) is 39.3 Å². The van der Waals surface area contributed by atoms with Gasteiger partial charge in [-0.2, -0.15) is 23.0 Å². The Morgan fingerprint density at radius 2 is 1.96 bits per heavy atom. The van der Waals surface area contributed by atoms with E-state index in [1.807, 2.05) is 0 Å². The van der Waals surface area contributed by atoms with Crippen LogP contribution in [0.25, 0.3) is 10.9 Å². The van der Waals surface area contributed by atoms with Crippen LogP contribution in [0.5, 0.6) is 0 Å². The van der Waals surface area contributed by atoms with Gasteiger partial charge in [-0.1, -0.05) is 5.46 Å². The number of anilines is 2. The van der Waals surface area contributed by atoms with E-state index in [9.17, 15) is 18.0 Å². The van der Waals surface area contributed by atoms with Crippen molar-refractivity contribution >= 4 is 41.9 Å². The SMILES string of the molecule is Bc1cc(Nc2nccc(C(F)(F)F)n2)cc2c1cnn2C(=O)OC(C)(C)C. The van der Waals surface area contributed by atoms with E-state index in [4.69, 9.17) is 4.74 Å². The lowest BCUT2D eigenvalue weighted by Gasteiger charge is -2.19. The first kappa shape index (κ1) is 19.7. The lowest BCUT2D eigenvalue weighted by molar-refractivity contribution is -0.141. The quantitative estimate of drug-likeness (QED) is 0.677. The maximum absolute atomic E-state index is 12.8. The number of alkyl halides is 3. The number of hydrogen-bond donors (Lipinski definition) is 1. The maximum atomic E-state index is 12.8. The summed E-state index contributed by atoms with van der Waals surface area (Å²) in [6.07, 6.45) is -2.68. The number of nitrogens with zero attached hydrogens (tertiary/aromatic N) is 4. The number of fused-ring (bicyclic) bond motifs is 1. The molecule has 0 unspecified atom stereocenters. The minimum atomic E-state index is -4.57. The third kappa shape index (κ3) is 4.24. The van der Waals surface area contributed by atoms with Crippen molar-refractivity contribution in [3.05, 3.63) is 36.3 Å². The molecule has 0 spiro atoms. The van der Waals surface area contributed by atoms with Crippen LogP contribution >= 0.6 is 0 Å². The van der Waals surface area contributed by atoms with E-state index in [0.29, 0.717) is 16.6 Å². The number of nitrogens with one attached hydrogen (secondary N) is 1. The number of rotatable bonds is 2. The van der Waals surface area contributed by atoms with Crippen molar-refractivity contribution in [2.45, 2.75) is 32.5 Å². The zero-order chi connectivity index (χ0) is 20.7. The standard InChI is InChI=1S/C17H17BF3N5O2/c1-16(2,3)28-15(27)26-12-7-9(6-11(18)10(12)8-23-26)24-14-22-5-4-13(25-14)17(19,20)21/h4-8H,18H2,1-3H3,(H,22,24,25). The van der Waals surface area contributed by atoms with Gasteiger partial charge in [0.1, 0.15) is 19.1 Å². The van der Waals surface area contributed by atoms with E-state index in [2.05, 4.69) is 20.4 Å². The first-order chi connectivity index (χ1) is 12.9. The van der Waals surface area contributed by atoms with E-state index < -0.39 is 23.6 Å². The highest BCUT2D eigenvalue weighted by atomic mass is 19.4. The number of carbonyl (C=O) groups excluding carboxylic acids is 1. The van der Waals surface area contributed by atoms with Gasteiger partial charge < -0.3 is 10.1 Å². The Labute approximate surface area is 159 Å². The van der Waals surface area contributed by atoms with Crippen molar-refractivity contribution in [1.29, 1.82) is 0 Å². The lowest BCUT2D eigenvalue weighted by atomic mass is 9.92. The summed E-state index contributed by atoms with van der Waals surface area (Å²) in [5.41, 5.74) is -0.131. The van der Waals surface area contributed by atoms with E-state index in [0.717, 1.165) is 22.4 Å². The molecule has 11 heteroatoms. The summed E-state index contributed by atoms with van der Waals surface area (Å²) in [6.45, 7) is 5.21. The van der Waals surface area contributed by atoms with Gasteiger partial charge in [-0.25, -0.2) is 14.8 Å². The second-order valence-electron chi connectivity index (χ2n) is 7.15. The van der Waals surface area contributed by atoms with Crippen LogP contribution in [0.2, 0.25) is 0 Å². The summed E-state index contributed by atoms with van der Waals surface area (Å²) in [7, 11) is 1.79. The number of ether oxygens (including phenoxy) is 1. The third-order valence-electron chi connectivity index (χ3n) is 3.66. The summed E-state index contributed by atoms with van der Waals surface area (Å²) in [4.78, 5) is 19.7. The molecule has 1 aromatic carbocycles. The first-order valence-electron chi connectivity index (χ1n) is 8.33. The van der Waals surface area contributed by atoms with Crippen molar-refractivity contribution < 1.29 is 22.7 Å². The lowest BCUT2D eigenvalue weighted by Crippen LogP contribution is -2.27. The summed E-state index contributed by atoms with van der Waals surface area (Å²) >= 11 is 0. The van der Waals surface area contributed by atoms with Gasteiger partial charge in [0.25, 0.3) is 0 Å². The molecule has 0 fully saturated rings. The third-order valence-corrected chi connectivity index (χ3v) is 3.66. The van der Waals surface area contributed by atoms with Gasteiger partial charge in [0, 0.05) is 17.3 Å². The normalized spacial score (nSPS) is 12.2. The van der Waals surface area contributed by atoms with E-state index >= 15 is 0 Å². The highest BCUT2D eigenvalue weighted by Crippen LogP contribution is 2.28. The van der Waals surface area contributed by atoms with Crippen molar-refractivity contribution in [3.63, 3.8) is 0 Å². The molecule has 2 aromatic heterocycles. The van der Waals surface area contributed by atoms with Crippen LogP contribution in [0.3, 0.4) is 0 Å². The van der Waals surface area contributed by atoms with Crippen LogP contribution in [0.1, 0.15) is 26.5 Å². The largest absolute Gasteiger partial charge is 0.442 e. The molecule has 3 aromatic rings. The molecule has 0 radical (unpaired) electrons. The van der Waals surface area contributed by atoms with Crippen molar-refractivity contribution in [2.24, 2.45) is 0 Å². The molecule has 0 aliphatic heterocycles. The average Bonchev–Trinajstić information content (AvgIpc) is 2.97. The molecule has 0 amide bonds. The highest BCUT2D eigenvalue weighted by Gasteiger charge is 2.32. The number of aromatic nitrogens is 4. The second kappa shape index (κ2) is 6.81. The summed E-state index contributed by atoms with van der Waals surface area (Å²) in [5.74, 6) is -0.211. The van der Waals surface area contributed by atoms with Gasteiger partial charge in [0.05, 0.1) is 11.7 Å². The molecule has 0 saturated carbocycles. The minimum absolute atomic E-state index is 0.211. The van der Waals surface area contributed by atoms with E-state index in [1.165, 1.54) is 6.20 Å². The minimum Gasteiger partial charge on any atom is -0.442 e. The van der Waals surface area contributed by atoms with Gasteiger partial charge >= 0.3 is 12.3 Å². The number of hydrogen-bond acceptors (Lipinski definition) is 6. The number of halogens is 3. The molecular formula is C17H17BF3N5O2. The molecule has 1 N–H and O–H groups in total. The van der Waals surface area contributed by atoms with Gasteiger partial charge in [0.2, 0.25) is 5.95 Å². The average molecular weight is 391 g/mol. The molecule has 2 heterocycles. The Morgan fingerprint density at radius 1 is 1.25 bits per heavy atom. The summed E-state index contributed by atoms with van der Waals surface area (Å²) < 4.78 is 44.9. The Bertz CT molecular complexity index is 1040. The molecule has 0 atom stereocenters. The zero-order valence-electron chi connectivity index (χ0n) is 15.6. The van der Waals surface area contributed by atoms with Crippen LogP contribution in [0, 0.1) is 0 Å². The zero-order valence-corrected chi connectivity index (χ0v) is 15.6. The van der Waals surface area contributed by atoms with Crippen LogP contribution in [0.4, 0.5) is 29.6 Å².